The van der Waals surface area contributed by atoms with Gasteiger partial charge in [-0.2, -0.15) is 17.4 Å². The summed E-state index contributed by atoms with van der Waals surface area (Å²) in [6.45, 7) is 6.53. The van der Waals surface area contributed by atoms with Crippen LogP contribution in [0.2, 0.25) is 0 Å². The Morgan fingerprint density at radius 2 is 1.82 bits per heavy atom. The molecule has 1 N–H and O–H groups in total. The number of benzene rings is 1. The van der Waals surface area contributed by atoms with Crippen molar-refractivity contribution in [3.05, 3.63) is 35.9 Å². The lowest BCUT2D eigenvalue weighted by Crippen LogP contribution is -2.53. The first-order chi connectivity index (χ1) is 10.4. The van der Waals surface area contributed by atoms with Crippen LogP contribution in [0.4, 0.5) is 0 Å². The van der Waals surface area contributed by atoms with Gasteiger partial charge in [-0.15, -0.1) is 0 Å². The largest absolute Gasteiger partial charge is 0.373 e. The molecule has 1 aromatic rings. The number of rotatable bonds is 6. The van der Waals surface area contributed by atoms with Crippen molar-refractivity contribution in [2.75, 3.05) is 13.1 Å². The van der Waals surface area contributed by atoms with Crippen molar-refractivity contribution in [3.8, 4) is 0 Å². The molecule has 0 aromatic heterocycles. The minimum atomic E-state index is -3.45. The summed E-state index contributed by atoms with van der Waals surface area (Å²) in [5.41, 5.74) is 1.22. The highest BCUT2D eigenvalue weighted by atomic mass is 32.2. The number of morpholine rings is 1. The first-order valence-corrected chi connectivity index (χ1v) is 9.27. The lowest BCUT2D eigenvalue weighted by molar-refractivity contribution is -0.0444. The fourth-order valence-corrected chi connectivity index (χ4v) is 4.33. The Hall–Kier alpha value is -0.950. The standard InChI is InChI=1S/C16H26N2O3S/c1-13(9-10-16-7-5-4-6-8-16)17-22(19,20)18-11-14(2)21-15(3)12-18/h4-8,13-15,17H,9-12H2,1-3H3. The van der Waals surface area contributed by atoms with Gasteiger partial charge in [0.1, 0.15) is 0 Å². The number of ether oxygens (including phenoxy) is 1. The van der Waals surface area contributed by atoms with E-state index in [0.29, 0.717) is 13.1 Å². The summed E-state index contributed by atoms with van der Waals surface area (Å²) >= 11 is 0. The molecule has 0 amide bonds. The van der Waals surface area contributed by atoms with E-state index in [4.69, 9.17) is 4.74 Å². The first kappa shape index (κ1) is 17.4. The maximum Gasteiger partial charge on any atom is 0.279 e. The molecule has 5 nitrogen and oxygen atoms in total. The van der Waals surface area contributed by atoms with Gasteiger partial charge in [-0.1, -0.05) is 30.3 Å². The molecule has 1 saturated heterocycles. The van der Waals surface area contributed by atoms with E-state index in [1.54, 1.807) is 0 Å². The second-order valence-electron chi connectivity index (χ2n) is 6.12. The molecule has 1 aromatic carbocycles. The Kier molecular flexibility index (Phi) is 5.97. The Bertz CT molecular complexity index is 552. The predicted octanol–water partition coefficient (Wildman–Crippen LogP) is 1.95. The smallest absolute Gasteiger partial charge is 0.279 e. The van der Waals surface area contributed by atoms with Crippen LogP contribution in [0.5, 0.6) is 0 Å². The highest BCUT2D eigenvalue weighted by Crippen LogP contribution is 2.14. The van der Waals surface area contributed by atoms with Crippen LogP contribution in [0, 0.1) is 0 Å². The average molecular weight is 326 g/mol. The van der Waals surface area contributed by atoms with Crippen LogP contribution >= 0.6 is 0 Å². The van der Waals surface area contributed by atoms with Gasteiger partial charge in [0.05, 0.1) is 12.2 Å². The van der Waals surface area contributed by atoms with Crippen molar-refractivity contribution in [1.82, 2.24) is 9.03 Å². The summed E-state index contributed by atoms with van der Waals surface area (Å²) in [7, 11) is -3.45. The third-order valence-corrected chi connectivity index (χ3v) is 5.46. The number of nitrogens with one attached hydrogen (secondary N) is 1. The molecular weight excluding hydrogens is 300 g/mol. The van der Waals surface area contributed by atoms with Crippen molar-refractivity contribution in [2.45, 2.75) is 51.9 Å². The average Bonchev–Trinajstić information content (AvgIpc) is 2.45. The molecule has 22 heavy (non-hydrogen) atoms. The molecule has 3 unspecified atom stereocenters. The molecule has 0 saturated carbocycles. The third kappa shape index (κ3) is 5.05. The SMILES string of the molecule is CC(CCc1ccccc1)NS(=O)(=O)N1CC(C)OC(C)C1. The van der Waals surface area contributed by atoms with Gasteiger partial charge in [0, 0.05) is 19.1 Å². The Morgan fingerprint density at radius 1 is 1.23 bits per heavy atom. The van der Waals surface area contributed by atoms with Gasteiger partial charge in [-0.3, -0.25) is 0 Å². The second kappa shape index (κ2) is 7.55. The van der Waals surface area contributed by atoms with Crippen LogP contribution < -0.4 is 4.72 Å². The monoisotopic (exact) mass is 326 g/mol. The number of aryl methyl sites for hydroxylation is 1. The lowest BCUT2D eigenvalue weighted by atomic mass is 10.1. The summed E-state index contributed by atoms with van der Waals surface area (Å²) in [5, 5.41) is 0. The second-order valence-corrected chi connectivity index (χ2v) is 7.82. The van der Waals surface area contributed by atoms with Gasteiger partial charge in [0.2, 0.25) is 0 Å². The van der Waals surface area contributed by atoms with Gasteiger partial charge in [-0.25, -0.2) is 0 Å². The van der Waals surface area contributed by atoms with Crippen molar-refractivity contribution in [1.29, 1.82) is 0 Å². The van der Waals surface area contributed by atoms with Crippen LogP contribution in [0.3, 0.4) is 0 Å². The fourth-order valence-electron chi connectivity index (χ4n) is 2.74. The van der Waals surface area contributed by atoms with Crippen molar-refractivity contribution >= 4 is 10.2 Å². The molecule has 0 aliphatic carbocycles. The summed E-state index contributed by atoms with van der Waals surface area (Å²) in [5.74, 6) is 0. The van der Waals surface area contributed by atoms with E-state index in [1.165, 1.54) is 9.87 Å². The number of hydrogen-bond donors (Lipinski definition) is 1. The first-order valence-electron chi connectivity index (χ1n) is 7.83. The molecule has 6 heteroatoms. The quantitative estimate of drug-likeness (QED) is 0.869. The fraction of sp³-hybridized carbons (Fsp3) is 0.625. The van der Waals surface area contributed by atoms with Gasteiger partial charge in [0.15, 0.2) is 0 Å². The van der Waals surface area contributed by atoms with Crippen LogP contribution in [0.15, 0.2) is 30.3 Å². The number of hydrogen-bond acceptors (Lipinski definition) is 3. The van der Waals surface area contributed by atoms with Gasteiger partial charge >= 0.3 is 0 Å². The van der Waals surface area contributed by atoms with Gasteiger partial charge < -0.3 is 4.74 Å². The van der Waals surface area contributed by atoms with E-state index in [2.05, 4.69) is 16.9 Å². The van der Waals surface area contributed by atoms with Crippen LogP contribution in [0.25, 0.3) is 0 Å². The summed E-state index contributed by atoms with van der Waals surface area (Å²) in [6, 6.07) is 10.0. The summed E-state index contributed by atoms with van der Waals surface area (Å²) in [4.78, 5) is 0. The zero-order valence-corrected chi connectivity index (χ0v) is 14.3. The summed E-state index contributed by atoms with van der Waals surface area (Å²) in [6.07, 6.45) is 1.50. The van der Waals surface area contributed by atoms with Crippen molar-refractivity contribution < 1.29 is 13.2 Å². The molecule has 0 bridgehead atoms. The molecule has 3 atom stereocenters. The lowest BCUT2D eigenvalue weighted by Gasteiger charge is -2.35. The van der Waals surface area contributed by atoms with E-state index in [9.17, 15) is 8.42 Å². The maximum absolute atomic E-state index is 12.5. The molecule has 2 rings (SSSR count). The molecular formula is C16H26N2O3S. The Morgan fingerprint density at radius 3 is 2.41 bits per heavy atom. The van der Waals surface area contributed by atoms with Crippen LogP contribution in [0.1, 0.15) is 32.8 Å². The van der Waals surface area contributed by atoms with E-state index in [0.717, 1.165) is 12.8 Å². The van der Waals surface area contributed by atoms with Gasteiger partial charge in [0.25, 0.3) is 10.2 Å². The molecule has 0 radical (unpaired) electrons. The Labute approximate surface area is 133 Å². The minimum absolute atomic E-state index is 0.0695. The topological polar surface area (TPSA) is 58.6 Å². The van der Waals surface area contributed by atoms with Crippen molar-refractivity contribution in [3.63, 3.8) is 0 Å². The molecule has 1 fully saturated rings. The highest BCUT2D eigenvalue weighted by Gasteiger charge is 2.31. The molecule has 124 valence electrons. The zero-order chi connectivity index (χ0) is 16.2. The Balaban J connectivity index is 1.88. The predicted molar refractivity (Wildman–Crippen MR) is 87.9 cm³/mol. The zero-order valence-electron chi connectivity index (χ0n) is 13.5. The molecule has 1 aliphatic rings. The molecule has 1 aliphatic heterocycles. The normalized spacial score (nSPS) is 25.0. The van der Waals surface area contributed by atoms with E-state index < -0.39 is 10.2 Å². The molecule has 0 spiro atoms. The molecule has 1 heterocycles. The van der Waals surface area contributed by atoms with E-state index in [1.807, 2.05) is 39.0 Å². The summed E-state index contributed by atoms with van der Waals surface area (Å²) < 4.78 is 34.8. The van der Waals surface area contributed by atoms with Crippen LogP contribution in [-0.2, 0) is 21.4 Å². The maximum atomic E-state index is 12.5. The van der Waals surface area contributed by atoms with Gasteiger partial charge in [-0.05, 0) is 39.2 Å². The minimum Gasteiger partial charge on any atom is -0.373 e. The number of nitrogens with zero attached hydrogens (tertiary/aromatic N) is 1. The van der Waals surface area contributed by atoms with E-state index >= 15 is 0 Å². The van der Waals surface area contributed by atoms with Crippen LogP contribution in [-0.4, -0.2) is 44.1 Å². The third-order valence-electron chi connectivity index (χ3n) is 3.78. The van der Waals surface area contributed by atoms with E-state index in [-0.39, 0.29) is 18.2 Å². The highest BCUT2D eigenvalue weighted by molar-refractivity contribution is 7.87. The van der Waals surface area contributed by atoms with Crippen molar-refractivity contribution in [2.24, 2.45) is 0 Å².